The summed E-state index contributed by atoms with van der Waals surface area (Å²) in [6.45, 7) is 2.13. The third kappa shape index (κ3) is 4.26. The zero-order chi connectivity index (χ0) is 18.5. The van der Waals surface area contributed by atoms with E-state index in [4.69, 9.17) is 11.6 Å². The minimum atomic E-state index is -0.579. The van der Waals surface area contributed by atoms with Gasteiger partial charge in [-0.25, -0.2) is 4.98 Å². The van der Waals surface area contributed by atoms with Crippen molar-refractivity contribution in [3.05, 3.63) is 57.5 Å². The minimum absolute atomic E-state index is 0.0144. The van der Waals surface area contributed by atoms with Crippen LogP contribution in [0.15, 0.2) is 36.8 Å². The van der Waals surface area contributed by atoms with Crippen LogP contribution in [0.4, 0.5) is 11.5 Å². The molecule has 1 fully saturated rings. The molecule has 2 aromatic rings. The molecule has 2 heterocycles. The Morgan fingerprint density at radius 2 is 2.12 bits per heavy atom. The average molecular weight is 376 g/mol. The van der Waals surface area contributed by atoms with Gasteiger partial charge in [-0.05, 0) is 30.9 Å². The number of nitrogens with one attached hydrogen (secondary N) is 1. The molecule has 26 heavy (non-hydrogen) atoms. The van der Waals surface area contributed by atoms with Gasteiger partial charge in [-0.15, -0.1) is 0 Å². The molecule has 0 atom stereocenters. The standard InChI is InChI=1S/C17H18ClN5O3/c18-13-1-2-15(23(25)26)14(9-13)17(24)21-10-12-3-7-22(8-4-12)16-11-19-5-6-20-16/h1-2,5-6,9,11-12H,3-4,7-8,10H2,(H,21,24). The van der Waals surface area contributed by atoms with Crippen molar-refractivity contribution in [2.45, 2.75) is 12.8 Å². The number of piperidine rings is 1. The molecule has 0 spiro atoms. The van der Waals surface area contributed by atoms with Crippen molar-refractivity contribution in [2.75, 3.05) is 24.5 Å². The molecular weight excluding hydrogens is 358 g/mol. The lowest BCUT2D eigenvalue weighted by molar-refractivity contribution is -0.385. The van der Waals surface area contributed by atoms with Crippen LogP contribution in [0.5, 0.6) is 0 Å². The van der Waals surface area contributed by atoms with Gasteiger partial charge in [0.1, 0.15) is 11.4 Å². The summed E-state index contributed by atoms with van der Waals surface area (Å²) >= 11 is 5.87. The molecule has 1 amide bonds. The van der Waals surface area contributed by atoms with Crippen LogP contribution in [-0.4, -0.2) is 40.4 Å². The maximum absolute atomic E-state index is 12.3. The first kappa shape index (κ1) is 18.1. The van der Waals surface area contributed by atoms with Crippen molar-refractivity contribution >= 4 is 29.0 Å². The molecule has 0 radical (unpaired) electrons. The molecule has 1 aromatic heterocycles. The van der Waals surface area contributed by atoms with E-state index in [0.717, 1.165) is 31.7 Å². The Morgan fingerprint density at radius 3 is 2.77 bits per heavy atom. The second kappa shape index (κ2) is 8.09. The molecule has 136 valence electrons. The Hall–Kier alpha value is -2.74. The molecule has 0 unspecified atom stereocenters. The zero-order valence-corrected chi connectivity index (χ0v) is 14.7. The summed E-state index contributed by atoms with van der Waals surface area (Å²) < 4.78 is 0. The summed E-state index contributed by atoms with van der Waals surface area (Å²) in [4.78, 5) is 33.4. The van der Waals surface area contributed by atoms with Gasteiger partial charge >= 0.3 is 0 Å². The number of anilines is 1. The van der Waals surface area contributed by atoms with Crippen LogP contribution in [0.3, 0.4) is 0 Å². The van der Waals surface area contributed by atoms with Gasteiger partial charge in [0.2, 0.25) is 0 Å². The normalized spacial score (nSPS) is 14.9. The predicted octanol–water partition coefficient (Wildman–Crippen LogP) is 2.68. The van der Waals surface area contributed by atoms with E-state index in [1.807, 2.05) is 0 Å². The first-order chi connectivity index (χ1) is 12.5. The first-order valence-corrected chi connectivity index (χ1v) is 8.65. The largest absolute Gasteiger partial charge is 0.355 e. The number of carbonyl (C=O) groups excluding carboxylic acids is 1. The number of carbonyl (C=O) groups is 1. The lowest BCUT2D eigenvalue weighted by atomic mass is 9.96. The Bertz CT molecular complexity index is 794. The Balaban J connectivity index is 1.55. The third-order valence-electron chi connectivity index (χ3n) is 4.44. The maximum atomic E-state index is 12.3. The van der Waals surface area contributed by atoms with Gasteiger partial charge in [-0.2, -0.15) is 0 Å². The Kier molecular flexibility index (Phi) is 5.62. The van der Waals surface area contributed by atoms with Gasteiger partial charge < -0.3 is 10.2 Å². The summed E-state index contributed by atoms with van der Waals surface area (Å²) in [6.07, 6.45) is 6.84. The number of nitro benzene ring substituents is 1. The van der Waals surface area contributed by atoms with Gasteiger partial charge in [0.25, 0.3) is 11.6 Å². The van der Waals surface area contributed by atoms with E-state index in [1.54, 1.807) is 18.6 Å². The smallest absolute Gasteiger partial charge is 0.282 e. The minimum Gasteiger partial charge on any atom is -0.355 e. The fraction of sp³-hybridized carbons (Fsp3) is 0.353. The number of amides is 1. The van der Waals surface area contributed by atoms with Gasteiger partial charge in [-0.3, -0.25) is 19.9 Å². The highest BCUT2D eigenvalue weighted by molar-refractivity contribution is 6.31. The molecule has 0 aliphatic carbocycles. The van der Waals surface area contributed by atoms with Crippen molar-refractivity contribution in [2.24, 2.45) is 5.92 Å². The third-order valence-corrected chi connectivity index (χ3v) is 4.67. The van der Waals surface area contributed by atoms with Crippen molar-refractivity contribution < 1.29 is 9.72 Å². The number of halogens is 1. The lowest BCUT2D eigenvalue weighted by Gasteiger charge is -2.32. The van der Waals surface area contributed by atoms with Crippen molar-refractivity contribution in [3.63, 3.8) is 0 Å². The summed E-state index contributed by atoms with van der Waals surface area (Å²) in [7, 11) is 0. The molecule has 1 aliphatic rings. The highest BCUT2D eigenvalue weighted by Crippen LogP contribution is 2.24. The molecule has 1 saturated heterocycles. The molecule has 0 bridgehead atoms. The quantitative estimate of drug-likeness (QED) is 0.636. The summed E-state index contributed by atoms with van der Waals surface area (Å²) in [6, 6.07) is 3.97. The molecule has 1 N–H and O–H groups in total. The van der Waals surface area contributed by atoms with Crippen LogP contribution in [-0.2, 0) is 0 Å². The van der Waals surface area contributed by atoms with Crippen molar-refractivity contribution in [1.82, 2.24) is 15.3 Å². The van der Waals surface area contributed by atoms with Crippen LogP contribution >= 0.6 is 11.6 Å². The van der Waals surface area contributed by atoms with Gasteiger partial charge in [-0.1, -0.05) is 11.6 Å². The fourth-order valence-electron chi connectivity index (χ4n) is 3.00. The van der Waals surface area contributed by atoms with Gasteiger partial charge in [0.15, 0.2) is 0 Å². The van der Waals surface area contributed by atoms with E-state index in [0.29, 0.717) is 12.5 Å². The lowest BCUT2D eigenvalue weighted by Crippen LogP contribution is -2.39. The van der Waals surface area contributed by atoms with E-state index in [2.05, 4.69) is 20.2 Å². The Labute approximate surface area is 155 Å². The number of benzene rings is 1. The van der Waals surface area contributed by atoms with Crippen LogP contribution in [0, 0.1) is 16.0 Å². The number of nitro groups is 1. The fourth-order valence-corrected chi connectivity index (χ4v) is 3.17. The van der Waals surface area contributed by atoms with E-state index in [-0.39, 0.29) is 16.3 Å². The van der Waals surface area contributed by atoms with E-state index >= 15 is 0 Å². The van der Waals surface area contributed by atoms with E-state index in [9.17, 15) is 14.9 Å². The summed E-state index contributed by atoms with van der Waals surface area (Å²) in [5, 5.41) is 14.2. The predicted molar refractivity (Wildman–Crippen MR) is 97.4 cm³/mol. The summed E-state index contributed by atoms with van der Waals surface area (Å²) in [5.74, 6) is 0.685. The number of aromatic nitrogens is 2. The number of nitrogens with zero attached hydrogens (tertiary/aromatic N) is 4. The van der Waals surface area contributed by atoms with Crippen LogP contribution in [0.1, 0.15) is 23.2 Å². The highest BCUT2D eigenvalue weighted by Gasteiger charge is 2.23. The second-order valence-corrected chi connectivity index (χ2v) is 6.56. The van der Waals surface area contributed by atoms with Crippen molar-refractivity contribution in [3.8, 4) is 0 Å². The average Bonchev–Trinajstić information content (AvgIpc) is 2.67. The topological polar surface area (TPSA) is 101 Å². The zero-order valence-electron chi connectivity index (χ0n) is 14.0. The van der Waals surface area contributed by atoms with E-state index < -0.39 is 10.8 Å². The molecule has 9 heteroatoms. The molecule has 0 saturated carbocycles. The second-order valence-electron chi connectivity index (χ2n) is 6.12. The molecule has 3 rings (SSSR count). The first-order valence-electron chi connectivity index (χ1n) is 8.27. The molecule has 1 aromatic carbocycles. The summed E-state index contributed by atoms with van der Waals surface area (Å²) in [5.41, 5.74) is -0.260. The monoisotopic (exact) mass is 375 g/mol. The number of rotatable bonds is 5. The molecule has 8 nitrogen and oxygen atoms in total. The number of hydrogen-bond donors (Lipinski definition) is 1. The van der Waals surface area contributed by atoms with Crippen LogP contribution < -0.4 is 10.2 Å². The SMILES string of the molecule is O=C(NCC1CCN(c2cnccn2)CC1)c1cc(Cl)ccc1[N+](=O)[O-]. The Morgan fingerprint density at radius 1 is 1.35 bits per heavy atom. The van der Waals surface area contributed by atoms with Crippen LogP contribution in [0.2, 0.25) is 5.02 Å². The maximum Gasteiger partial charge on any atom is 0.282 e. The molecule has 1 aliphatic heterocycles. The highest BCUT2D eigenvalue weighted by atomic mass is 35.5. The van der Waals surface area contributed by atoms with Crippen LogP contribution in [0.25, 0.3) is 0 Å². The number of hydrogen-bond acceptors (Lipinski definition) is 6. The van der Waals surface area contributed by atoms with Gasteiger partial charge in [0, 0.05) is 43.1 Å². The van der Waals surface area contributed by atoms with Gasteiger partial charge in [0.05, 0.1) is 11.1 Å². The van der Waals surface area contributed by atoms with Crippen molar-refractivity contribution in [1.29, 1.82) is 0 Å². The molecular formula is C17H18ClN5O3. The van der Waals surface area contributed by atoms with E-state index in [1.165, 1.54) is 18.2 Å².